The van der Waals surface area contributed by atoms with E-state index >= 15 is 0 Å². The number of hydrogen-bond acceptors (Lipinski definition) is 12. The molecule has 1 amide bonds. The van der Waals surface area contributed by atoms with Crippen LogP contribution in [0, 0.1) is 11.3 Å². The molecule has 3 aromatic rings. The van der Waals surface area contributed by atoms with E-state index in [9.17, 15) is 14.4 Å². The van der Waals surface area contributed by atoms with Crippen LogP contribution in [0.3, 0.4) is 0 Å². The number of carbonyl (C=O) groups is 1. The molecule has 13 nitrogen and oxygen atoms in total. The number of alkyl halides is 1. The van der Waals surface area contributed by atoms with Gasteiger partial charge in [0.2, 0.25) is 5.95 Å². The molecule has 208 valence electrons. The lowest BCUT2D eigenvalue weighted by Crippen LogP contribution is -2.61. The highest BCUT2D eigenvalue weighted by Gasteiger charge is 2.44. The molecular formula is C26H28FN9O4. The highest BCUT2D eigenvalue weighted by Crippen LogP contribution is 2.32. The molecule has 0 unspecified atom stereocenters. The third-order valence-corrected chi connectivity index (χ3v) is 6.84. The highest BCUT2D eigenvalue weighted by atomic mass is 19.1. The Kier molecular flexibility index (Phi) is 7.83. The number of nitrogens with zero attached hydrogens (tertiary/aromatic N) is 7. The van der Waals surface area contributed by atoms with Crippen LogP contribution in [0.1, 0.15) is 31.2 Å². The van der Waals surface area contributed by atoms with Crippen molar-refractivity contribution >= 4 is 23.7 Å². The summed E-state index contributed by atoms with van der Waals surface area (Å²) in [6.07, 6.45) is 8.17. The number of nitrogens with one attached hydrogen (secondary N) is 2. The van der Waals surface area contributed by atoms with Crippen LogP contribution < -0.4 is 20.3 Å². The lowest BCUT2D eigenvalue weighted by Gasteiger charge is -2.44. The van der Waals surface area contributed by atoms with Gasteiger partial charge in [0.05, 0.1) is 33.0 Å². The lowest BCUT2D eigenvalue weighted by molar-refractivity contribution is 0.0440. The van der Waals surface area contributed by atoms with E-state index in [2.05, 4.69) is 35.6 Å². The van der Waals surface area contributed by atoms with Gasteiger partial charge in [0.15, 0.2) is 11.5 Å². The van der Waals surface area contributed by atoms with Gasteiger partial charge in [-0.3, -0.25) is 5.32 Å². The fourth-order valence-electron chi connectivity index (χ4n) is 4.65. The summed E-state index contributed by atoms with van der Waals surface area (Å²) < 4.78 is 24.7. The van der Waals surface area contributed by atoms with Gasteiger partial charge in [0.1, 0.15) is 23.6 Å². The molecule has 1 aliphatic carbocycles. The number of ether oxygens (including phenoxy) is 2. The Balaban J connectivity index is 1.09. The summed E-state index contributed by atoms with van der Waals surface area (Å²) in [6, 6.07) is 5.82. The largest absolute Gasteiger partial charge is 0.467 e. The maximum atomic E-state index is 14.1. The smallest absolute Gasteiger partial charge is 0.413 e. The van der Waals surface area contributed by atoms with Crippen molar-refractivity contribution in [1.29, 1.82) is 5.26 Å². The summed E-state index contributed by atoms with van der Waals surface area (Å²) in [6.45, 7) is -0.638. The van der Waals surface area contributed by atoms with E-state index in [1.807, 2.05) is 6.07 Å². The third kappa shape index (κ3) is 6.15. The van der Waals surface area contributed by atoms with Crippen molar-refractivity contribution in [1.82, 2.24) is 24.9 Å². The Morgan fingerprint density at radius 2 is 1.85 bits per heavy atom. The molecule has 2 aliphatic rings. The van der Waals surface area contributed by atoms with Crippen molar-refractivity contribution in [3.05, 3.63) is 42.5 Å². The van der Waals surface area contributed by atoms with Crippen molar-refractivity contribution in [3.63, 3.8) is 0 Å². The van der Waals surface area contributed by atoms with Crippen molar-refractivity contribution in [2.24, 2.45) is 0 Å². The van der Waals surface area contributed by atoms with Crippen molar-refractivity contribution in [2.75, 3.05) is 42.3 Å². The molecule has 3 N–H and O–H groups in total. The van der Waals surface area contributed by atoms with Gasteiger partial charge in [-0.05, 0) is 37.8 Å². The Labute approximate surface area is 229 Å². The zero-order valence-electron chi connectivity index (χ0n) is 21.7. The maximum absolute atomic E-state index is 14.1. The van der Waals surface area contributed by atoms with Crippen LogP contribution in [-0.4, -0.2) is 80.7 Å². The number of aliphatic hydroxyl groups is 1. The summed E-state index contributed by atoms with van der Waals surface area (Å²) in [7, 11) is 1.49. The predicted molar refractivity (Wildman–Crippen MR) is 141 cm³/mol. The van der Waals surface area contributed by atoms with Gasteiger partial charge in [0.25, 0.3) is 0 Å². The number of aromatic nitrogens is 5. The molecular weight excluding hydrogens is 521 g/mol. The lowest BCUT2D eigenvalue weighted by atomic mass is 9.93. The first-order valence-electron chi connectivity index (χ1n) is 12.8. The normalized spacial score (nSPS) is 19.6. The van der Waals surface area contributed by atoms with Gasteiger partial charge in [0, 0.05) is 35.8 Å². The molecule has 1 saturated carbocycles. The highest BCUT2D eigenvalue weighted by molar-refractivity contribution is 5.83. The Morgan fingerprint density at radius 1 is 1.12 bits per heavy atom. The number of carbonyl (C=O) groups excluding carboxylic acids is 1. The van der Waals surface area contributed by atoms with Gasteiger partial charge in [-0.1, -0.05) is 0 Å². The molecule has 2 fully saturated rings. The van der Waals surface area contributed by atoms with Crippen LogP contribution >= 0.6 is 0 Å². The SMILES string of the molecule is COc1ncc(-c2ccc(NC(=O)OC3CCC(Nc4ncc(C#N)c(N5CC(F)(CO)C5)n4)CC3)nc2)cn1. The van der Waals surface area contributed by atoms with E-state index in [1.165, 1.54) is 13.3 Å². The molecule has 1 saturated heterocycles. The molecule has 14 heteroatoms. The first-order chi connectivity index (χ1) is 19.4. The zero-order valence-corrected chi connectivity index (χ0v) is 21.7. The molecule has 0 radical (unpaired) electrons. The van der Waals surface area contributed by atoms with Crippen LogP contribution in [0.25, 0.3) is 11.1 Å². The third-order valence-electron chi connectivity index (χ3n) is 6.84. The standard InChI is InChI=1S/C26H28FN9O4/c1-39-24-31-11-18(12-32-24)16-2-7-21(29-9-16)34-25(38)40-20-5-3-19(4-6-20)33-23-30-10-17(8-28)22(35-23)36-13-26(27,14-36)15-37/h2,7,9-12,19-20,37H,3-6,13-15H2,1H3,(H,29,34,38)(H,30,33,35). The van der Waals surface area contributed by atoms with Gasteiger partial charge in [-0.15, -0.1) is 0 Å². The van der Waals surface area contributed by atoms with Crippen LogP contribution in [0.2, 0.25) is 0 Å². The van der Waals surface area contributed by atoms with Crippen LogP contribution in [0.4, 0.5) is 26.8 Å². The summed E-state index contributed by atoms with van der Waals surface area (Å²) >= 11 is 0. The van der Waals surface area contributed by atoms with E-state index in [0.717, 1.165) is 24.0 Å². The van der Waals surface area contributed by atoms with E-state index in [4.69, 9.17) is 14.6 Å². The molecule has 0 aromatic carbocycles. The maximum Gasteiger partial charge on any atom is 0.413 e. The molecule has 0 atom stereocenters. The number of halogens is 1. The van der Waals surface area contributed by atoms with E-state index in [-0.39, 0.29) is 36.8 Å². The molecule has 0 spiro atoms. The summed E-state index contributed by atoms with van der Waals surface area (Å²) in [5, 5.41) is 24.5. The molecule has 5 rings (SSSR count). The van der Waals surface area contributed by atoms with Gasteiger partial charge in [-0.25, -0.2) is 29.1 Å². The van der Waals surface area contributed by atoms with Crippen molar-refractivity contribution in [2.45, 2.75) is 43.5 Å². The van der Waals surface area contributed by atoms with Gasteiger partial charge >= 0.3 is 12.1 Å². The van der Waals surface area contributed by atoms with E-state index in [0.29, 0.717) is 30.4 Å². The number of amides is 1. The molecule has 40 heavy (non-hydrogen) atoms. The number of pyridine rings is 1. The Hall–Kier alpha value is -4.64. The monoisotopic (exact) mass is 549 g/mol. The quantitative estimate of drug-likeness (QED) is 0.376. The molecule has 3 aromatic heterocycles. The average Bonchev–Trinajstić information content (AvgIpc) is 2.97. The molecule has 1 aliphatic heterocycles. The van der Waals surface area contributed by atoms with Gasteiger partial charge < -0.3 is 24.8 Å². The fourth-order valence-corrected chi connectivity index (χ4v) is 4.65. The Morgan fingerprint density at radius 3 is 2.48 bits per heavy atom. The minimum absolute atomic E-state index is 0.0313. The average molecular weight is 550 g/mol. The van der Waals surface area contributed by atoms with E-state index in [1.54, 1.807) is 35.6 Å². The topological polar surface area (TPSA) is 171 Å². The number of methoxy groups -OCH3 is 1. The van der Waals surface area contributed by atoms with Crippen molar-refractivity contribution in [3.8, 4) is 23.2 Å². The van der Waals surface area contributed by atoms with E-state index < -0.39 is 18.4 Å². The summed E-state index contributed by atoms with van der Waals surface area (Å²) in [4.78, 5) is 35.1. The fraction of sp³-hybridized carbons (Fsp3) is 0.423. The van der Waals surface area contributed by atoms with Crippen molar-refractivity contribution < 1.29 is 23.8 Å². The second kappa shape index (κ2) is 11.6. The zero-order chi connectivity index (χ0) is 28.1. The molecule has 0 bridgehead atoms. The van der Waals surface area contributed by atoms with Crippen LogP contribution in [-0.2, 0) is 4.74 Å². The number of hydrogen-bond donors (Lipinski definition) is 3. The first-order valence-corrected chi connectivity index (χ1v) is 12.8. The number of anilines is 3. The summed E-state index contributed by atoms with van der Waals surface area (Å²) in [5.41, 5.74) is 0.116. The second-order valence-corrected chi connectivity index (χ2v) is 9.75. The number of aliphatic hydroxyl groups excluding tert-OH is 1. The summed E-state index contributed by atoms with van der Waals surface area (Å²) in [5.74, 6) is 1.04. The first kappa shape index (κ1) is 26.9. The predicted octanol–water partition coefficient (Wildman–Crippen LogP) is 2.70. The number of rotatable bonds is 8. The van der Waals surface area contributed by atoms with Crippen LogP contribution in [0.15, 0.2) is 36.9 Å². The Bertz CT molecular complexity index is 1370. The second-order valence-electron chi connectivity index (χ2n) is 9.75. The van der Waals surface area contributed by atoms with Crippen LogP contribution in [0.5, 0.6) is 6.01 Å². The minimum atomic E-state index is -1.68. The molecule has 4 heterocycles. The van der Waals surface area contributed by atoms with Gasteiger partial charge in [-0.2, -0.15) is 10.2 Å². The minimum Gasteiger partial charge on any atom is -0.467 e. The number of nitriles is 1.